The van der Waals surface area contributed by atoms with Crippen molar-refractivity contribution >= 4 is 18.6 Å². The second kappa shape index (κ2) is 8.62. The molecule has 6 heteroatoms. The largest absolute Gasteiger partial charge is 0.411 e. The van der Waals surface area contributed by atoms with Gasteiger partial charge in [-0.3, -0.25) is 4.98 Å². The first kappa shape index (κ1) is 15.6. The van der Waals surface area contributed by atoms with Crippen LogP contribution in [-0.2, 0) is 6.42 Å². The number of hydrogen-bond donors (Lipinski definition) is 1. The molecule has 2 aromatic rings. The number of halogens is 1. The van der Waals surface area contributed by atoms with Crippen molar-refractivity contribution in [2.75, 3.05) is 0 Å². The lowest BCUT2D eigenvalue weighted by Crippen LogP contribution is -1.93. The van der Waals surface area contributed by atoms with Gasteiger partial charge in [-0.1, -0.05) is 17.1 Å². The van der Waals surface area contributed by atoms with Crippen LogP contribution in [0.3, 0.4) is 0 Å². The zero-order chi connectivity index (χ0) is 13.3. The third-order valence-electron chi connectivity index (χ3n) is 2.35. The summed E-state index contributed by atoms with van der Waals surface area (Å²) in [5, 5.41) is 19.0. The number of aryl methyl sites for hydroxylation is 1. The molecule has 0 saturated heterocycles. The van der Waals surface area contributed by atoms with E-state index >= 15 is 0 Å². The SMILES string of the molecule is Cl.O/N=C\c1ccc(C#CCCc2cccnc2)nn1. The summed E-state index contributed by atoms with van der Waals surface area (Å²) < 4.78 is 0. The van der Waals surface area contributed by atoms with Gasteiger partial charge in [0.25, 0.3) is 0 Å². The van der Waals surface area contributed by atoms with Gasteiger partial charge >= 0.3 is 0 Å². The first-order valence-corrected chi connectivity index (χ1v) is 5.77. The molecule has 0 saturated carbocycles. The van der Waals surface area contributed by atoms with E-state index in [1.807, 2.05) is 18.3 Å². The van der Waals surface area contributed by atoms with Crippen LogP contribution in [0.15, 0.2) is 41.8 Å². The van der Waals surface area contributed by atoms with Crippen LogP contribution in [0.1, 0.15) is 23.4 Å². The number of rotatable bonds is 3. The standard InChI is InChI=1S/C14H12N4O.ClH/c19-16-11-14-8-7-13(17-18-14)6-2-1-4-12-5-3-9-15-10-12;/h3,5,7-11,19H,1,4H2;1H/b16-11-;. The fourth-order valence-corrected chi connectivity index (χ4v) is 1.44. The van der Waals surface area contributed by atoms with Crippen LogP contribution >= 0.6 is 12.4 Å². The summed E-state index contributed by atoms with van der Waals surface area (Å²) in [6, 6.07) is 7.37. The van der Waals surface area contributed by atoms with E-state index in [2.05, 4.69) is 32.2 Å². The van der Waals surface area contributed by atoms with Crippen LogP contribution in [-0.4, -0.2) is 26.6 Å². The lowest BCUT2D eigenvalue weighted by atomic mass is 10.1. The minimum atomic E-state index is 0. The molecule has 0 fully saturated rings. The smallest absolute Gasteiger partial charge is 0.135 e. The van der Waals surface area contributed by atoms with Crippen molar-refractivity contribution in [3.63, 3.8) is 0 Å². The van der Waals surface area contributed by atoms with Crippen molar-refractivity contribution in [3.05, 3.63) is 53.6 Å². The molecule has 0 amide bonds. The van der Waals surface area contributed by atoms with Gasteiger partial charge in [-0.25, -0.2) is 0 Å². The lowest BCUT2D eigenvalue weighted by molar-refractivity contribution is 0.321. The van der Waals surface area contributed by atoms with E-state index in [-0.39, 0.29) is 12.4 Å². The van der Waals surface area contributed by atoms with Crippen LogP contribution < -0.4 is 0 Å². The summed E-state index contributed by atoms with van der Waals surface area (Å²) in [6.07, 6.45) is 6.41. The van der Waals surface area contributed by atoms with Crippen LogP contribution in [0.25, 0.3) is 0 Å². The lowest BCUT2D eigenvalue weighted by Gasteiger charge is -1.94. The summed E-state index contributed by atoms with van der Waals surface area (Å²) in [5.74, 6) is 5.97. The third kappa shape index (κ3) is 5.04. The van der Waals surface area contributed by atoms with Gasteiger partial charge in [0, 0.05) is 18.8 Å². The Hall–Kier alpha value is -2.45. The molecule has 0 spiro atoms. The normalized spacial score (nSPS) is 9.60. The van der Waals surface area contributed by atoms with Crippen molar-refractivity contribution < 1.29 is 5.21 Å². The van der Waals surface area contributed by atoms with Gasteiger partial charge in [-0.2, -0.15) is 0 Å². The highest BCUT2D eigenvalue weighted by Gasteiger charge is 1.92. The number of oxime groups is 1. The minimum absolute atomic E-state index is 0. The molecule has 20 heavy (non-hydrogen) atoms. The first-order chi connectivity index (χ1) is 9.38. The zero-order valence-corrected chi connectivity index (χ0v) is 11.4. The molecule has 102 valence electrons. The highest BCUT2D eigenvalue weighted by atomic mass is 35.5. The maximum absolute atomic E-state index is 8.34. The second-order valence-corrected chi connectivity index (χ2v) is 3.75. The predicted molar refractivity (Wildman–Crippen MR) is 78.1 cm³/mol. The Bertz CT molecular complexity index is 603. The fraction of sp³-hybridized carbons (Fsp3) is 0.143. The molecule has 0 aliphatic carbocycles. The molecule has 2 rings (SSSR count). The molecule has 0 aliphatic heterocycles. The fourth-order valence-electron chi connectivity index (χ4n) is 1.44. The van der Waals surface area contributed by atoms with Gasteiger partial charge in [-0.05, 0) is 36.1 Å². The van der Waals surface area contributed by atoms with Crippen molar-refractivity contribution in [2.45, 2.75) is 12.8 Å². The average Bonchev–Trinajstić information content (AvgIpc) is 2.47. The van der Waals surface area contributed by atoms with Crippen LogP contribution in [0.5, 0.6) is 0 Å². The molecule has 0 aliphatic rings. The average molecular weight is 289 g/mol. The molecule has 0 radical (unpaired) electrons. The Morgan fingerprint density at radius 2 is 2.15 bits per heavy atom. The third-order valence-corrected chi connectivity index (χ3v) is 2.35. The van der Waals surface area contributed by atoms with Gasteiger partial charge < -0.3 is 5.21 Å². The summed E-state index contributed by atoms with van der Waals surface area (Å²) in [4.78, 5) is 4.05. The highest BCUT2D eigenvalue weighted by Crippen LogP contribution is 1.99. The number of nitrogens with zero attached hydrogens (tertiary/aromatic N) is 4. The molecule has 2 heterocycles. The summed E-state index contributed by atoms with van der Waals surface area (Å²) in [7, 11) is 0. The van der Waals surface area contributed by atoms with Gasteiger partial charge in [0.1, 0.15) is 11.4 Å². The topological polar surface area (TPSA) is 71.3 Å². The van der Waals surface area contributed by atoms with Gasteiger partial charge in [-0.15, -0.1) is 22.6 Å². The van der Waals surface area contributed by atoms with E-state index < -0.39 is 0 Å². The maximum Gasteiger partial charge on any atom is 0.135 e. The summed E-state index contributed by atoms with van der Waals surface area (Å²) in [5.41, 5.74) is 2.25. The maximum atomic E-state index is 8.34. The Morgan fingerprint density at radius 1 is 1.25 bits per heavy atom. The molecule has 5 nitrogen and oxygen atoms in total. The van der Waals surface area contributed by atoms with E-state index in [1.165, 1.54) is 6.21 Å². The highest BCUT2D eigenvalue weighted by molar-refractivity contribution is 5.85. The molecule has 0 aromatic carbocycles. The Morgan fingerprint density at radius 3 is 2.80 bits per heavy atom. The van der Waals surface area contributed by atoms with Crippen LogP contribution in [0, 0.1) is 11.8 Å². The quantitative estimate of drug-likeness (QED) is 0.406. The van der Waals surface area contributed by atoms with Crippen molar-refractivity contribution in [2.24, 2.45) is 5.16 Å². The van der Waals surface area contributed by atoms with Crippen LogP contribution in [0.2, 0.25) is 0 Å². The summed E-state index contributed by atoms with van der Waals surface area (Å²) in [6.45, 7) is 0. The first-order valence-electron chi connectivity index (χ1n) is 5.77. The van der Waals surface area contributed by atoms with Gasteiger partial charge in [0.05, 0.1) is 6.21 Å². The molecule has 0 bridgehead atoms. The van der Waals surface area contributed by atoms with Gasteiger partial charge in [0.2, 0.25) is 0 Å². The van der Waals surface area contributed by atoms with E-state index in [0.717, 1.165) is 18.4 Å². The molecular weight excluding hydrogens is 276 g/mol. The Labute approximate surface area is 123 Å². The molecular formula is C14H13ClN4O. The Balaban J connectivity index is 0.00000200. The molecule has 0 atom stereocenters. The predicted octanol–water partition coefficient (Wildman–Crippen LogP) is 2.09. The van der Waals surface area contributed by atoms with E-state index in [9.17, 15) is 0 Å². The molecule has 2 aromatic heterocycles. The summed E-state index contributed by atoms with van der Waals surface area (Å²) >= 11 is 0. The molecule has 1 N–H and O–H groups in total. The van der Waals surface area contributed by atoms with E-state index in [1.54, 1.807) is 18.3 Å². The monoisotopic (exact) mass is 288 g/mol. The number of hydrogen-bond acceptors (Lipinski definition) is 5. The van der Waals surface area contributed by atoms with Crippen molar-refractivity contribution in [1.29, 1.82) is 0 Å². The minimum Gasteiger partial charge on any atom is -0.411 e. The number of pyridine rings is 1. The molecule has 0 unspecified atom stereocenters. The van der Waals surface area contributed by atoms with Crippen molar-refractivity contribution in [3.8, 4) is 11.8 Å². The zero-order valence-electron chi connectivity index (χ0n) is 10.6. The number of aromatic nitrogens is 3. The van der Waals surface area contributed by atoms with Crippen molar-refractivity contribution in [1.82, 2.24) is 15.2 Å². The van der Waals surface area contributed by atoms with E-state index in [0.29, 0.717) is 11.4 Å². The van der Waals surface area contributed by atoms with Crippen LogP contribution in [0.4, 0.5) is 0 Å². The van der Waals surface area contributed by atoms with E-state index in [4.69, 9.17) is 5.21 Å². The Kier molecular flexibility index (Phi) is 6.72. The van der Waals surface area contributed by atoms with Gasteiger partial charge in [0.15, 0.2) is 0 Å². The second-order valence-electron chi connectivity index (χ2n) is 3.75.